The summed E-state index contributed by atoms with van der Waals surface area (Å²) in [6.45, 7) is 6.66. The maximum atomic E-state index is 9.42. The molecule has 3 atom stereocenters. The molecule has 0 bridgehead atoms. The van der Waals surface area contributed by atoms with Gasteiger partial charge in [0.25, 0.3) is 0 Å². The van der Waals surface area contributed by atoms with E-state index in [9.17, 15) is 5.26 Å². The van der Waals surface area contributed by atoms with Gasteiger partial charge in [0.2, 0.25) is 0 Å². The van der Waals surface area contributed by atoms with Crippen molar-refractivity contribution in [2.45, 2.75) is 32.7 Å². The molecule has 1 aliphatic heterocycles. The van der Waals surface area contributed by atoms with Crippen molar-refractivity contribution in [3.05, 3.63) is 0 Å². The zero-order chi connectivity index (χ0) is 13.0. The van der Waals surface area contributed by atoms with Gasteiger partial charge in [-0.05, 0) is 52.4 Å². The van der Waals surface area contributed by atoms with Crippen LogP contribution in [0.15, 0.2) is 0 Å². The van der Waals surface area contributed by atoms with E-state index in [1.165, 1.54) is 19.4 Å². The summed E-state index contributed by atoms with van der Waals surface area (Å²) < 4.78 is 0. The zero-order valence-electron chi connectivity index (χ0n) is 12.0. The number of likely N-dealkylation sites (tertiary alicyclic amines) is 1. The fraction of sp³-hybridized carbons (Fsp3) is 0.929. The molecule has 1 aliphatic rings. The summed E-state index contributed by atoms with van der Waals surface area (Å²) in [5.74, 6) is 1.21. The van der Waals surface area contributed by atoms with Gasteiger partial charge in [0.1, 0.15) is 0 Å². The van der Waals surface area contributed by atoms with Gasteiger partial charge in [0.05, 0.1) is 12.0 Å². The molecule has 0 radical (unpaired) electrons. The Morgan fingerprint density at radius 1 is 1.35 bits per heavy atom. The number of hydrogen-bond donors (Lipinski definition) is 0. The first kappa shape index (κ1) is 14.5. The van der Waals surface area contributed by atoms with Crippen molar-refractivity contribution in [1.82, 2.24) is 9.80 Å². The second kappa shape index (κ2) is 6.37. The molecule has 0 aromatic heterocycles. The minimum Gasteiger partial charge on any atom is -0.306 e. The molecule has 1 heterocycles. The molecular formula is C14H27N3. The zero-order valence-corrected chi connectivity index (χ0v) is 12.0. The van der Waals surface area contributed by atoms with E-state index in [0.717, 1.165) is 6.54 Å². The summed E-state index contributed by atoms with van der Waals surface area (Å²) in [5, 5.41) is 9.42. The van der Waals surface area contributed by atoms with Crippen LogP contribution in [0.4, 0.5) is 0 Å². The normalized spacial score (nSPS) is 25.9. The fourth-order valence-corrected chi connectivity index (χ4v) is 3.14. The predicted octanol–water partition coefficient (Wildman–Crippen LogP) is 2.05. The summed E-state index contributed by atoms with van der Waals surface area (Å²) in [5.41, 5.74) is 0. The van der Waals surface area contributed by atoms with Crippen LogP contribution in [0.2, 0.25) is 0 Å². The first-order chi connectivity index (χ1) is 7.97. The Morgan fingerprint density at radius 3 is 2.41 bits per heavy atom. The number of nitrogens with zero attached hydrogens (tertiary/aromatic N) is 3. The summed E-state index contributed by atoms with van der Waals surface area (Å²) in [6.07, 6.45) is 2.53. The van der Waals surface area contributed by atoms with Gasteiger partial charge in [0.15, 0.2) is 0 Å². The molecule has 0 aliphatic carbocycles. The molecule has 0 amide bonds. The van der Waals surface area contributed by atoms with Crippen molar-refractivity contribution in [3.8, 4) is 6.07 Å². The van der Waals surface area contributed by atoms with Crippen molar-refractivity contribution < 1.29 is 0 Å². The molecule has 0 aromatic rings. The highest BCUT2D eigenvalue weighted by Crippen LogP contribution is 2.29. The lowest BCUT2D eigenvalue weighted by molar-refractivity contribution is 0.0844. The molecule has 0 spiro atoms. The van der Waals surface area contributed by atoms with Gasteiger partial charge in [-0.2, -0.15) is 5.26 Å². The minimum atomic E-state index is 0.140. The van der Waals surface area contributed by atoms with Crippen molar-refractivity contribution in [2.24, 2.45) is 17.8 Å². The topological polar surface area (TPSA) is 30.3 Å². The third-order valence-electron chi connectivity index (χ3n) is 3.98. The average Bonchev–Trinajstić information content (AvgIpc) is 2.24. The molecule has 3 nitrogen and oxygen atoms in total. The summed E-state index contributed by atoms with van der Waals surface area (Å²) in [4.78, 5) is 4.66. The SMILES string of the molecule is CC(C)C(C#N)C(C1CCCN(C)C1)N(C)C. The lowest BCUT2D eigenvalue weighted by atomic mass is 9.78. The Kier molecular flexibility index (Phi) is 5.42. The van der Waals surface area contributed by atoms with Gasteiger partial charge in [-0.25, -0.2) is 0 Å². The molecular weight excluding hydrogens is 210 g/mol. The van der Waals surface area contributed by atoms with Crippen molar-refractivity contribution in [1.29, 1.82) is 5.26 Å². The van der Waals surface area contributed by atoms with Crippen LogP contribution < -0.4 is 0 Å². The Bertz CT molecular complexity index is 267. The van der Waals surface area contributed by atoms with Crippen molar-refractivity contribution in [2.75, 3.05) is 34.2 Å². The standard InChI is InChI=1S/C14H27N3/c1-11(2)13(9-15)14(16(3)4)12-7-6-8-17(5)10-12/h11-14H,6-8,10H2,1-5H3. The molecule has 3 heteroatoms. The minimum absolute atomic E-state index is 0.140. The van der Waals surface area contributed by atoms with Crippen molar-refractivity contribution in [3.63, 3.8) is 0 Å². The van der Waals surface area contributed by atoms with E-state index < -0.39 is 0 Å². The molecule has 3 unspecified atom stereocenters. The third-order valence-corrected chi connectivity index (χ3v) is 3.98. The number of rotatable bonds is 4. The maximum absolute atomic E-state index is 9.42. The number of nitriles is 1. The number of hydrogen-bond acceptors (Lipinski definition) is 3. The van der Waals surface area contributed by atoms with E-state index in [-0.39, 0.29) is 5.92 Å². The quantitative estimate of drug-likeness (QED) is 0.749. The van der Waals surface area contributed by atoms with Gasteiger partial charge in [0, 0.05) is 12.6 Å². The molecule has 1 rings (SSSR count). The van der Waals surface area contributed by atoms with Crippen LogP contribution in [-0.2, 0) is 0 Å². The third kappa shape index (κ3) is 3.69. The van der Waals surface area contributed by atoms with Gasteiger partial charge < -0.3 is 9.80 Å². The van der Waals surface area contributed by atoms with E-state index in [4.69, 9.17) is 0 Å². The van der Waals surface area contributed by atoms with E-state index in [2.05, 4.69) is 50.9 Å². The van der Waals surface area contributed by atoms with Crippen LogP contribution in [0, 0.1) is 29.1 Å². The predicted molar refractivity (Wildman–Crippen MR) is 71.6 cm³/mol. The second-order valence-corrected chi connectivity index (χ2v) is 6.02. The Hall–Kier alpha value is -0.590. The molecule has 17 heavy (non-hydrogen) atoms. The van der Waals surface area contributed by atoms with Gasteiger partial charge in [-0.1, -0.05) is 13.8 Å². The van der Waals surface area contributed by atoms with E-state index in [1.54, 1.807) is 0 Å². The molecule has 98 valence electrons. The molecule has 0 aromatic carbocycles. The lowest BCUT2D eigenvalue weighted by Gasteiger charge is -2.41. The maximum Gasteiger partial charge on any atom is 0.0675 e. The van der Waals surface area contributed by atoms with Gasteiger partial charge in [-0.15, -0.1) is 0 Å². The summed E-state index contributed by atoms with van der Waals surface area (Å²) in [7, 11) is 6.42. The first-order valence-corrected chi connectivity index (χ1v) is 6.72. The van der Waals surface area contributed by atoms with Crippen LogP contribution >= 0.6 is 0 Å². The average molecular weight is 237 g/mol. The van der Waals surface area contributed by atoms with Crippen LogP contribution in [-0.4, -0.2) is 50.1 Å². The molecule has 0 N–H and O–H groups in total. The highest BCUT2D eigenvalue weighted by molar-refractivity contribution is 4.98. The summed E-state index contributed by atoms with van der Waals surface area (Å²) in [6, 6.07) is 2.93. The molecule has 0 saturated carbocycles. The lowest BCUT2D eigenvalue weighted by Crippen LogP contribution is -2.48. The van der Waals surface area contributed by atoms with Crippen LogP contribution in [0.25, 0.3) is 0 Å². The van der Waals surface area contributed by atoms with Gasteiger partial charge in [-0.3, -0.25) is 0 Å². The van der Waals surface area contributed by atoms with Crippen LogP contribution in [0.1, 0.15) is 26.7 Å². The van der Waals surface area contributed by atoms with Crippen molar-refractivity contribution >= 4 is 0 Å². The van der Waals surface area contributed by atoms with Crippen LogP contribution in [0.5, 0.6) is 0 Å². The smallest absolute Gasteiger partial charge is 0.0675 e. The second-order valence-electron chi connectivity index (χ2n) is 6.02. The number of piperidine rings is 1. The van der Waals surface area contributed by atoms with E-state index >= 15 is 0 Å². The highest BCUT2D eigenvalue weighted by atomic mass is 15.1. The highest BCUT2D eigenvalue weighted by Gasteiger charge is 2.34. The Morgan fingerprint density at radius 2 is 2.00 bits per heavy atom. The monoisotopic (exact) mass is 237 g/mol. The first-order valence-electron chi connectivity index (χ1n) is 6.72. The fourth-order valence-electron chi connectivity index (χ4n) is 3.14. The Labute approximate surface area is 106 Å². The van der Waals surface area contributed by atoms with E-state index in [0.29, 0.717) is 17.9 Å². The van der Waals surface area contributed by atoms with Crippen LogP contribution in [0.3, 0.4) is 0 Å². The van der Waals surface area contributed by atoms with E-state index in [1.807, 2.05) is 0 Å². The molecule has 1 fully saturated rings. The largest absolute Gasteiger partial charge is 0.306 e. The molecule has 1 saturated heterocycles. The Balaban J connectivity index is 2.81. The summed E-state index contributed by atoms with van der Waals surface area (Å²) >= 11 is 0. The van der Waals surface area contributed by atoms with Gasteiger partial charge >= 0.3 is 0 Å².